The molecule has 0 unspecified atom stereocenters. The van der Waals surface area contributed by atoms with Crippen molar-refractivity contribution in [1.29, 1.82) is 0 Å². The van der Waals surface area contributed by atoms with Gasteiger partial charge in [-0.3, -0.25) is 14.2 Å². The number of hydrogen-bond donors (Lipinski definition) is 2. The molecular weight excluding hydrogens is 547 g/mol. The van der Waals surface area contributed by atoms with Crippen molar-refractivity contribution in [3.63, 3.8) is 0 Å². The number of hydrogen-bond acceptors (Lipinski definition) is 9. The highest BCUT2D eigenvalue weighted by Crippen LogP contribution is 2.45. The van der Waals surface area contributed by atoms with Crippen LogP contribution in [0, 0.1) is 0 Å². The molecule has 0 atom stereocenters. The Morgan fingerprint density at radius 3 is 2.46 bits per heavy atom. The van der Waals surface area contributed by atoms with E-state index in [1.54, 1.807) is 27.8 Å². The van der Waals surface area contributed by atoms with Crippen LogP contribution in [-0.2, 0) is 16.1 Å². The average Bonchev–Trinajstić information content (AvgIpc) is 2.89. The van der Waals surface area contributed by atoms with Crippen LogP contribution in [0.1, 0.15) is 0 Å². The quantitative estimate of drug-likeness (QED) is 0.352. The highest BCUT2D eigenvalue weighted by molar-refractivity contribution is 6.41. The number of amides is 1. The molecule has 2 aliphatic rings. The normalized spacial score (nSPS) is 15.5. The zero-order chi connectivity index (χ0) is 27.7. The maximum Gasteiger partial charge on any atom is 0.260 e. The van der Waals surface area contributed by atoms with Crippen LogP contribution in [-0.4, -0.2) is 84.5 Å². The second-order valence-corrected chi connectivity index (χ2v) is 10.0. The van der Waals surface area contributed by atoms with Gasteiger partial charge in [-0.15, -0.1) is 0 Å². The molecule has 13 heteroatoms. The number of halogens is 2. The lowest BCUT2D eigenvalue weighted by atomic mass is 10.0. The molecule has 2 N–H and O–H groups in total. The standard InChI is InChI=1S/C26H28Cl2N6O5/c1-4-20(35)33-10-15(11-33)29-5-6-34-24-14(9-30-26(32-24)31-16-12-39-13-16)7-17(25(34)36)21-22(27)18(37-2)8-19(38-3)23(21)28/h4,7-9,15-16,29H,1,5-6,10-13H2,2-3H3,(H,30,31,32). The van der Waals surface area contributed by atoms with Crippen molar-refractivity contribution in [3.05, 3.63) is 51.4 Å². The van der Waals surface area contributed by atoms with E-state index in [0.717, 1.165) is 0 Å². The highest BCUT2D eigenvalue weighted by atomic mass is 35.5. The lowest BCUT2D eigenvalue weighted by Gasteiger charge is -2.39. The predicted octanol–water partition coefficient (Wildman–Crippen LogP) is 2.58. The van der Waals surface area contributed by atoms with Crippen molar-refractivity contribution in [3.8, 4) is 22.6 Å². The van der Waals surface area contributed by atoms with Crippen LogP contribution in [0.5, 0.6) is 11.5 Å². The molecule has 2 aliphatic heterocycles. The Morgan fingerprint density at radius 1 is 1.18 bits per heavy atom. The zero-order valence-electron chi connectivity index (χ0n) is 21.5. The summed E-state index contributed by atoms with van der Waals surface area (Å²) in [6, 6.07) is 3.48. The summed E-state index contributed by atoms with van der Waals surface area (Å²) in [6.45, 7) is 6.58. The highest BCUT2D eigenvalue weighted by Gasteiger charge is 2.29. The fourth-order valence-electron chi connectivity index (χ4n) is 4.54. The van der Waals surface area contributed by atoms with Gasteiger partial charge in [0.2, 0.25) is 11.9 Å². The summed E-state index contributed by atoms with van der Waals surface area (Å²) in [5, 5.41) is 7.63. The van der Waals surface area contributed by atoms with Crippen LogP contribution in [0.15, 0.2) is 35.8 Å². The van der Waals surface area contributed by atoms with Gasteiger partial charge in [-0.05, 0) is 12.1 Å². The van der Waals surface area contributed by atoms with Crippen molar-refractivity contribution in [2.45, 2.75) is 18.6 Å². The molecule has 2 aromatic heterocycles. The van der Waals surface area contributed by atoms with Gasteiger partial charge in [-0.25, -0.2) is 4.98 Å². The van der Waals surface area contributed by atoms with Gasteiger partial charge in [0.25, 0.3) is 5.56 Å². The summed E-state index contributed by atoms with van der Waals surface area (Å²) >= 11 is 13.3. The Labute approximate surface area is 234 Å². The first-order valence-corrected chi connectivity index (χ1v) is 13.1. The molecule has 39 heavy (non-hydrogen) atoms. The van der Waals surface area contributed by atoms with Crippen LogP contribution in [0.4, 0.5) is 5.95 Å². The SMILES string of the molecule is C=CC(=O)N1CC(NCCn2c(=O)c(-c3c(Cl)c(OC)cc(OC)c3Cl)cc3cnc(NC4COC4)nc32)C1. The van der Waals surface area contributed by atoms with E-state index in [1.807, 2.05) is 0 Å². The summed E-state index contributed by atoms with van der Waals surface area (Å²) in [7, 11) is 2.95. The number of nitrogens with zero attached hydrogens (tertiary/aromatic N) is 4. The molecule has 1 amide bonds. The molecule has 0 bridgehead atoms. The first-order chi connectivity index (χ1) is 18.8. The van der Waals surface area contributed by atoms with Gasteiger partial charge in [0, 0.05) is 55.4 Å². The maximum absolute atomic E-state index is 14.0. The van der Waals surface area contributed by atoms with Crippen LogP contribution < -0.4 is 25.7 Å². The third kappa shape index (κ3) is 5.27. The predicted molar refractivity (Wildman–Crippen MR) is 149 cm³/mol. The van der Waals surface area contributed by atoms with Crippen LogP contribution in [0.3, 0.4) is 0 Å². The number of benzene rings is 1. The number of rotatable bonds is 10. The van der Waals surface area contributed by atoms with Gasteiger partial charge in [0.15, 0.2) is 0 Å². The summed E-state index contributed by atoms with van der Waals surface area (Å²) in [5.41, 5.74) is 0.687. The van der Waals surface area contributed by atoms with Gasteiger partial charge in [-0.1, -0.05) is 29.8 Å². The number of likely N-dealkylation sites (tertiary alicyclic amines) is 1. The van der Waals surface area contributed by atoms with E-state index in [9.17, 15) is 9.59 Å². The first kappa shape index (κ1) is 27.2. The van der Waals surface area contributed by atoms with Gasteiger partial charge < -0.3 is 29.7 Å². The minimum Gasteiger partial charge on any atom is -0.495 e. The molecule has 3 aromatic rings. The number of ether oxygens (including phenoxy) is 3. The Balaban J connectivity index is 1.53. The maximum atomic E-state index is 14.0. The van der Waals surface area contributed by atoms with Crippen LogP contribution in [0.2, 0.25) is 10.0 Å². The molecule has 0 radical (unpaired) electrons. The molecular formula is C26H28Cl2N6O5. The number of nitrogens with one attached hydrogen (secondary N) is 2. The minimum atomic E-state index is -0.336. The minimum absolute atomic E-state index is 0.0981. The van der Waals surface area contributed by atoms with E-state index >= 15 is 0 Å². The van der Waals surface area contributed by atoms with Crippen LogP contribution >= 0.6 is 23.2 Å². The number of methoxy groups -OCH3 is 2. The van der Waals surface area contributed by atoms with E-state index in [-0.39, 0.29) is 39.2 Å². The van der Waals surface area contributed by atoms with Gasteiger partial charge in [-0.2, -0.15) is 4.98 Å². The molecule has 4 heterocycles. The second-order valence-electron chi connectivity index (χ2n) is 9.25. The first-order valence-electron chi connectivity index (χ1n) is 12.3. The summed E-state index contributed by atoms with van der Waals surface area (Å²) in [5.74, 6) is 0.950. The molecule has 5 rings (SSSR count). The van der Waals surface area contributed by atoms with Crippen molar-refractivity contribution >= 4 is 46.1 Å². The monoisotopic (exact) mass is 574 g/mol. The molecule has 206 valence electrons. The topological polar surface area (TPSA) is 120 Å². The molecule has 0 spiro atoms. The summed E-state index contributed by atoms with van der Waals surface area (Å²) in [6.07, 6.45) is 2.96. The smallest absolute Gasteiger partial charge is 0.260 e. The van der Waals surface area contributed by atoms with Crippen molar-refractivity contribution in [2.75, 3.05) is 52.4 Å². The number of pyridine rings is 1. The van der Waals surface area contributed by atoms with Crippen molar-refractivity contribution in [1.82, 2.24) is 24.8 Å². The molecule has 0 saturated carbocycles. The van der Waals surface area contributed by atoms with E-state index in [0.29, 0.717) is 73.4 Å². The van der Waals surface area contributed by atoms with E-state index in [1.165, 1.54) is 20.3 Å². The Morgan fingerprint density at radius 2 is 1.87 bits per heavy atom. The number of carbonyl (C=O) groups excluding carboxylic acids is 1. The molecule has 2 saturated heterocycles. The number of aromatic nitrogens is 3. The van der Waals surface area contributed by atoms with E-state index in [4.69, 9.17) is 37.4 Å². The number of anilines is 1. The Hall–Kier alpha value is -3.38. The molecule has 2 fully saturated rings. The third-order valence-corrected chi connectivity index (χ3v) is 7.53. The van der Waals surface area contributed by atoms with Crippen molar-refractivity contribution in [2.24, 2.45) is 0 Å². The van der Waals surface area contributed by atoms with Gasteiger partial charge in [0.1, 0.15) is 17.1 Å². The van der Waals surface area contributed by atoms with Crippen molar-refractivity contribution < 1.29 is 19.0 Å². The number of carbonyl (C=O) groups is 1. The Bertz CT molecular complexity index is 1460. The van der Waals surface area contributed by atoms with Gasteiger partial charge in [0.05, 0.1) is 49.1 Å². The van der Waals surface area contributed by atoms with Crippen LogP contribution in [0.25, 0.3) is 22.2 Å². The van der Waals surface area contributed by atoms with E-state index < -0.39 is 0 Å². The summed E-state index contributed by atoms with van der Waals surface area (Å²) in [4.78, 5) is 36.5. The largest absolute Gasteiger partial charge is 0.495 e. The lowest BCUT2D eigenvalue weighted by Crippen LogP contribution is -2.59. The molecule has 0 aliphatic carbocycles. The van der Waals surface area contributed by atoms with E-state index in [2.05, 4.69) is 27.2 Å². The van der Waals surface area contributed by atoms with Gasteiger partial charge >= 0.3 is 0 Å². The lowest BCUT2D eigenvalue weighted by molar-refractivity contribution is -0.130. The fourth-order valence-corrected chi connectivity index (χ4v) is 5.24. The summed E-state index contributed by atoms with van der Waals surface area (Å²) < 4.78 is 17.6. The fraction of sp³-hybridized carbons (Fsp3) is 0.385. The molecule has 11 nitrogen and oxygen atoms in total. The molecule has 1 aromatic carbocycles. The number of fused-ring (bicyclic) bond motifs is 1. The second kappa shape index (κ2) is 11.4. The zero-order valence-corrected chi connectivity index (χ0v) is 23.0. The average molecular weight is 575 g/mol. The Kier molecular flexibility index (Phi) is 7.94. The third-order valence-electron chi connectivity index (χ3n) is 6.78.